The Hall–Kier alpha value is -2.00. The van der Waals surface area contributed by atoms with Gasteiger partial charge in [-0.05, 0) is 48.2 Å². The van der Waals surface area contributed by atoms with Gasteiger partial charge in [0, 0.05) is 12.5 Å². The van der Waals surface area contributed by atoms with E-state index >= 15 is 0 Å². The van der Waals surface area contributed by atoms with E-state index in [1.54, 1.807) is 13.2 Å². The molecule has 0 aliphatic rings. The molecule has 1 N–H and O–H groups in total. The molecule has 118 valence electrons. The number of hydrogen-bond donors (Lipinski definition) is 1. The second kappa shape index (κ2) is 6.41. The minimum absolute atomic E-state index is 0.150. The largest absolute Gasteiger partial charge is 0.508 e. The lowest BCUT2D eigenvalue weighted by atomic mass is 9.77. The van der Waals surface area contributed by atoms with Gasteiger partial charge in [0.1, 0.15) is 11.5 Å². The molecule has 0 saturated carbocycles. The highest BCUT2D eigenvalue weighted by Gasteiger charge is 2.24. The molecule has 2 rings (SSSR count). The maximum absolute atomic E-state index is 9.71. The van der Waals surface area contributed by atoms with Crippen molar-refractivity contribution in [3.05, 3.63) is 58.7 Å². The van der Waals surface area contributed by atoms with E-state index in [2.05, 4.69) is 26.0 Å². The maximum Gasteiger partial charge on any atom is 0.188 e. The molecule has 0 aliphatic heterocycles. The minimum atomic E-state index is -0.150. The molecule has 3 nitrogen and oxygen atoms in total. The van der Waals surface area contributed by atoms with Gasteiger partial charge < -0.3 is 14.6 Å². The second-order valence-electron chi connectivity index (χ2n) is 6.16. The molecule has 0 bridgehead atoms. The minimum Gasteiger partial charge on any atom is -0.508 e. The summed E-state index contributed by atoms with van der Waals surface area (Å²) in [5.74, 6) is 1.17. The first-order valence-electron chi connectivity index (χ1n) is 7.39. The van der Waals surface area contributed by atoms with E-state index in [1.807, 2.05) is 32.0 Å². The van der Waals surface area contributed by atoms with Crippen LogP contribution in [0.3, 0.4) is 0 Å². The Balaban J connectivity index is 2.36. The molecule has 0 heterocycles. The zero-order valence-corrected chi connectivity index (χ0v) is 13.9. The molecule has 0 aliphatic carbocycles. The molecule has 0 amide bonds. The Morgan fingerprint density at radius 3 is 2.09 bits per heavy atom. The van der Waals surface area contributed by atoms with Crippen molar-refractivity contribution in [1.29, 1.82) is 0 Å². The molecule has 22 heavy (non-hydrogen) atoms. The average Bonchev–Trinajstić information content (AvgIpc) is 2.48. The number of methoxy groups -OCH3 is 1. The first-order chi connectivity index (χ1) is 10.4. The molecule has 3 heteroatoms. The zero-order chi connectivity index (χ0) is 16.3. The number of hydrogen-bond acceptors (Lipinski definition) is 3. The van der Waals surface area contributed by atoms with Crippen molar-refractivity contribution in [2.75, 3.05) is 13.9 Å². The predicted octanol–water partition coefficient (Wildman–Crippen LogP) is 4.32. The van der Waals surface area contributed by atoms with Crippen molar-refractivity contribution < 1.29 is 14.6 Å². The van der Waals surface area contributed by atoms with E-state index in [-0.39, 0.29) is 12.2 Å². The smallest absolute Gasteiger partial charge is 0.188 e. The van der Waals surface area contributed by atoms with Gasteiger partial charge in [0.2, 0.25) is 0 Å². The average molecular weight is 300 g/mol. The lowest BCUT2D eigenvalue weighted by Crippen LogP contribution is -2.19. The number of ether oxygens (including phenoxy) is 2. The number of phenols is 1. The Kier molecular flexibility index (Phi) is 4.77. The van der Waals surface area contributed by atoms with Crippen LogP contribution in [0.4, 0.5) is 0 Å². The van der Waals surface area contributed by atoms with Crippen molar-refractivity contribution in [1.82, 2.24) is 0 Å². The van der Waals surface area contributed by atoms with Crippen molar-refractivity contribution >= 4 is 0 Å². The van der Waals surface area contributed by atoms with Gasteiger partial charge in [-0.25, -0.2) is 0 Å². The standard InChI is InChI=1S/C19H24O3/c1-13-10-15(6-8-17(13)20)19(3,4)16-7-9-18(14(2)11-16)22-12-21-5/h6-11,20H,12H2,1-5H3. The predicted molar refractivity (Wildman–Crippen MR) is 88.7 cm³/mol. The Labute approximate surface area is 132 Å². The van der Waals surface area contributed by atoms with E-state index in [9.17, 15) is 5.11 Å². The van der Waals surface area contributed by atoms with Gasteiger partial charge in [-0.3, -0.25) is 0 Å². The van der Waals surface area contributed by atoms with Crippen LogP contribution in [0.15, 0.2) is 36.4 Å². The second-order valence-corrected chi connectivity index (χ2v) is 6.16. The molecule has 0 aromatic heterocycles. The molecular weight excluding hydrogens is 276 g/mol. The Morgan fingerprint density at radius 1 is 0.955 bits per heavy atom. The highest BCUT2D eigenvalue weighted by atomic mass is 16.7. The highest BCUT2D eigenvalue weighted by Crippen LogP contribution is 2.35. The van der Waals surface area contributed by atoms with Crippen LogP contribution in [-0.4, -0.2) is 19.0 Å². The summed E-state index contributed by atoms with van der Waals surface area (Å²) in [6.45, 7) is 8.57. The van der Waals surface area contributed by atoms with Crippen LogP contribution < -0.4 is 4.74 Å². The molecule has 2 aromatic rings. The zero-order valence-electron chi connectivity index (χ0n) is 13.9. The van der Waals surface area contributed by atoms with Crippen molar-refractivity contribution in [2.24, 2.45) is 0 Å². The van der Waals surface area contributed by atoms with Crippen LogP contribution in [0.1, 0.15) is 36.1 Å². The fourth-order valence-electron chi connectivity index (χ4n) is 2.53. The van der Waals surface area contributed by atoms with Gasteiger partial charge >= 0.3 is 0 Å². The number of rotatable bonds is 5. The van der Waals surface area contributed by atoms with E-state index in [0.717, 1.165) is 16.9 Å². The lowest BCUT2D eigenvalue weighted by Gasteiger charge is -2.27. The molecular formula is C19H24O3. The normalized spacial score (nSPS) is 11.5. The molecule has 0 atom stereocenters. The summed E-state index contributed by atoms with van der Waals surface area (Å²) >= 11 is 0. The third-order valence-electron chi connectivity index (χ3n) is 4.15. The van der Waals surface area contributed by atoms with E-state index in [1.165, 1.54) is 11.1 Å². The molecule has 0 fully saturated rings. The molecule has 0 radical (unpaired) electrons. The summed E-state index contributed by atoms with van der Waals surface area (Å²) in [5.41, 5.74) is 4.20. The van der Waals surface area contributed by atoms with Gasteiger partial charge in [-0.2, -0.15) is 0 Å². The third kappa shape index (κ3) is 3.25. The van der Waals surface area contributed by atoms with Gasteiger partial charge in [0.15, 0.2) is 6.79 Å². The lowest BCUT2D eigenvalue weighted by molar-refractivity contribution is 0.0506. The van der Waals surface area contributed by atoms with Crippen LogP contribution in [-0.2, 0) is 10.2 Å². The van der Waals surface area contributed by atoms with E-state index in [4.69, 9.17) is 9.47 Å². The van der Waals surface area contributed by atoms with Crippen LogP contribution in [0.5, 0.6) is 11.5 Å². The Morgan fingerprint density at radius 2 is 1.55 bits per heavy atom. The Bertz CT molecular complexity index is 660. The molecule has 0 spiro atoms. The summed E-state index contributed by atoms with van der Waals surface area (Å²) in [7, 11) is 1.61. The first kappa shape index (κ1) is 16.4. The van der Waals surface area contributed by atoms with E-state index < -0.39 is 0 Å². The summed E-state index contributed by atoms with van der Waals surface area (Å²) < 4.78 is 10.5. The van der Waals surface area contributed by atoms with Crippen LogP contribution in [0, 0.1) is 13.8 Å². The fourth-order valence-corrected chi connectivity index (χ4v) is 2.53. The monoisotopic (exact) mass is 300 g/mol. The summed E-state index contributed by atoms with van der Waals surface area (Å²) in [6, 6.07) is 12.0. The van der Waals surface area contributed by atoms with Gasteiger partial charge in [-0.1, -0.05) is 38.1 Å². The van der Waals surface area contributed by atoms with Gasteiger partial charge in [-0.15, -0.1) is 0 Å². The topological polar surface area (TPSA) is 38.7 Å². The first-order valence-corrected chi connectivity index (χ1v) is 7.39. The molecule has 0 unspecified atom stereocenters. The molecule has 2 aromatic carbocycles. The van der Waals surface area contributed by atoms with Gasteiger partial charge in [0.05, 0.1) is 0 Å². The van der Waals surface area contributed by atoms with Crippen molar-refractivity contribution in [3.8, 4) is 11.5 Å². The summed E-state index contributed by atoms with van der Waals surface area (Å²) in [4.78, 5) is 0. The van der Waals surface area contributed by atoms with Gasteiger partial charge in [0.25, 0.3) is 0 Å². The van der Waals surface area contributed by atoms with Crippen molar-refractivity contribution in [2.45, 2.75) is 33.1 Å². The third-order valence-corrected chi connectivity index (χ3v) is 4.15. The van der Waals surface area contributed by atoms with Crippen molar-refractivity contribution in [3.63, 3.8) is 0 Å². The van der Waals surface area contributed by atoms with Crippen LogP contribution >= 0.6 is 0 Å². The number of benzene rings is 2. The summed E-state index contributed by atoms with van der Waals surface area (Å²) in [6.07, 6.45) is 0. The molecule has 0 saturated heterocycles. The highest BCUT2D eigenvalue weighted by molar-refractivity contribution is 5.46. The number of aromatic hydroxyl groups is 1. The number of phenolic OH excluding ortho intramolecular Hbond substituents is 1. The van der Waals surface area contributed by atoms with Crippen LogP contribution in [0.25, 0.3) is 0 Å². The fraction of sp³-hybridized carbons (Fsp3) is 0.368. The van der Waals surface area contributed by atoms with Crippen LogP contribution in [0.2, 0.25) is 0 Å². The quantitative estimate of drug-likeness (QED) is 0.836. The van der Waals surface area contributed by atoms with E-state index in [0.29, 0.717) is 5.75 Å². The SMILES string of the molecule is COCOc1ccc(C(C)(C)c2ccc(O)c(C)c2)cc1C. The summed E-state index contributed by atoms with van der Waals surface area (Å²) in [5, 5.41) is 9.71. The number of aryl methyl sites for hydroxylation is 2. The maximum atomic E-state index is 9.71.